The molecular weight excluding hydrogens is 470 g/mol. The molecule has 8 heteroatoms. The fraction of sp³-hybridized carbons (Fsp3) is 0.448. The van der Waals surface area contributed by atoms with Gasteiger partial charge in [0.05, 0.1) is 45.0 Å². The molecule has 1 fully saturated rings. The molecule has 194 valence electrons. The topological polar surface area (TPSA) is 88.4 Å². The molecular formula is C29H33N3O5. The van der Waals surface area contributed by atoms with E-state index < -0.39 is 18.0 Å². The van der Waals surface area contributed by atoms with Crippen molar-refractivity contribution in [2.45, 2.75) is 37.9 Å². The minimum atomic E-state index is -0.790. The van der Waals surface area contributed by atoms with Crippen molar-refractivity contribution in [3.8, 4) is 11.5 Å². The summed E-state index contributed by atoms with van der Waals surface area (Å²) in [6.07, 6.45) is 1.26. The van der Waals surface area contributed by atoms with Crippen LogP contribution in [-0.4, -0.2) is 54.5 Å². The molecule has 0 unspecified atom stereocenters. The van der Waals surface area contributed by atoms with Crippen molar-refractivity contribution in [3.63, 3.8) is 0 Å². The summed E-state index contributed by atoms with van der Waals surface area (Å²) in [5.74, 6) is 0.178. The van der Waals surface area contributed by atoms with Crippen molar-refractivity contribution in [3.05, 3.63) is 71.3 Å². The molecule has 37 heavy (non-hydrogen) atoms. The summed E-state index contributed by atoms with van der Waals surface area (Å²) in [5, 5.41) is 13.8. The summed E-state index contributed by atoms with van der Waals surface area (Å²) < 4.78 is 17.1. The fourth-order valence-electron chi connectivity index (χ4n) is 6.14. The molecule has 1 aromatic heterocycles. The van der Waals surface area contributed by atoms with E-state index >= 15 is 0 Å². The first-order valence-corrected chi connectivity index (χ1v) is 12.8. The third-order valence-corrected chi connectivity index (χ3v) is 7.99. The molecule has 3 aromatic rings. The minimum Gasteiger partial charge on any atom is -0.497 e. The standard InChI is InChI=1S/C29H33N3O5/c1-30-32-15-14-22-21-6-4-5-7-24(21)31-28(22)26(37-20-11-9-19(35-2)10-12-20)16-23-18(17-32)8-13-25(33)27(23)29(34)36-3/h4-7,9-12,18,23,25-27,31,33H,8,13-17H2,2-3H3/t18-,23-,25-,26+,27+/m0/s1. The number of nitrogens with one attached hydrogen (secondary N) is 1. The first kappa shape index (κ1) is 25.0. The first-order valence-electron chi connectivity index (χ1n) is 12.8. The van der Waals surface area contributed by atoms with Gasteiger partial charge in [-0.25, -0.2) is 0 Å². The lowest BCUT2D eigenvalue weighted by Gasteiger charge is -2.41. The Hall–Kier alpha value is -3.70. The molecule has 2 aromatic carbocycles. The zero-order chi connectivity index (χ0) is 25.9. The highest BCUT2D eigenvalue weighted by molar-refractivity contribution is 5.85. The maximum Gasteiger partial charge on any atom is 0.311 e. The number of rotatable bonds is 4. The van der Waals surface area contributed by atoms with Gasteiger partial charge in [0.1, 0.15) is 17.6 Å². The van der Waals surface area contributed by atoms with Crippen molar-refractivity contribution >= 4 is 16.9 Å². The number of benzene rings is 2. The monoisotopic (exact) mass is 503 g/mol. The van der Waals surface area contributed by atoms with Crippen LogP contribution in [0.2, 0.25) is 0 Å². The average molecular weight is 504 g/mol. The Labute approximate surface area is 216 Å². The van der Waals surface area contributed by atoms with Gasteiger partial charge in [-0.3, -0.25) is 4.79 Å². The number of hydrogen-bond acceptors (Lipinski definition) is 6. The van der Waals surface area contributed by atoms with Crippen LogP contribution < -0.4 is 9.47 Å². The third-order valence-electron chi connectivity index (χ3n) is 7.99. The number of fused-ring (bicyclic) bond motifs is 4. The maximum atomic E-state index is 12.9. The van der Waals surface area contributed by atoms with Crippen molar-refractivity contribution in [2.24, 2.45) is 17.8 Å². The van der Waals surface area contributed by atoms with Crippen LogP contribution in [0.3, 0.4) is 0 Å². The Kier molecular flexibility index (Phi) is 7.24. The smallest absolute Gasteiger partial charge is 0.311 e. The maximum absolute atomic E-state index is 12.9. The number of ether oxygens (including phenoxy) is 3. The average Bonchev–Trinajstić information content (AvgIpc) is 3.30. The van der Waals surface area contributed by atoms with E-state index in [-0.39, 0.29) is 17.9 Å². The van der Waals surface area contributed by atoms with E-state index in [0.717, 1.165) is 34.3 Å². The lowest BCUT2D eigenvalue weighted by atomic mass is 9.67. The van der Waals surface area contributed by atoms with Gasteiger partial charge in [-0.15, -0.1) is 5.01 Å². The second-order valence-electron chi connectivity index (χ2n) is 9.96. The summed E-state index contributed by atoms with van der Waals surface area (Å²) in [7, 11) is 2.99. The molecule has 0 amide bonds. The zero-order valence-electron chi connectivity index (χ0n) is 21.2. The number of esters is 1. The zero-order valence-corrected chi connectivity index (χ0v) is 21.2. The van der Waals surface area contributed by atoms with Crippen molar-refractivity contribution in [2.75, 3.05) is 27.3 Å². The quantitative estimate of drug-likeness (QED) is 0.401. The Morgan fingerprint density at radius 1 is 1.11 bits per heavy atom. The summed E-state index contributed by atoms with van der Waals surface area (Å²) in [4.78, 5) is 20.3. The number of hydrogen-bond donors (Lipinski definition) is 2. The molecule has 0 saturated heterocycles. The van der Waals surface area contributed by atoms with Crippen LogP contribution in [0.5, 0.6) is 11.5 Å². The molecule has 8 nitrogen and oxygen atoms in total. The number of aromatic nitrogens is 1. The number of carbonyl (C=O) groups excluding carboxylic acids is 1. The van der Waals surface area contributed by atoms with E-state index in [0.29, 0.717) is 38.1 Å². The second-order valence-corrected chi connectivity index (χ2v) is 9.96. The van der Waals surface area contributed by atoms with Gasteiger partial charge in [-0.05, 0) is 73.4 Å². The summed E-state index contributed by atoms with van der Waals surface area (Å²) in [6, 6.07) is 15.6. The van der Waals surface area contributed by atoms with Gasteiger partial charge in [-0.1, -0.05) is 18.2 Å². The van der Waals surface area contributed by atoms with Crippen LogP contribution in [0.4, 0.5) is 0 Å². The summed E-state index contributed by atoms with van der Waals surface area (Å²) in [6.45, 7) is 8.92. The lowest BCUT2D eigenvalue weighted by molar-refractivity contribution is -0.157. The molecule has 5 rings (SSSR count). The van der Waals surface area contributed by atoms with E-state index in [9.17, 15) is 9.90 Å². The van der Waals surface area contributed by atoms with Crippen LogP contribution in [0, 0.1) is 24.3 Å². The van der Waals surface area contributed by atoms with E-state index in [1.807, 2.05) is 42.5 Å². The van der Waals surface area contributed by atoms with Gasteiger partial charge in [0.25, 0.3) is 0 Å². The van der Waals surface area contributed by atoms with E-state index in [1.54, 1.807) is 12.1 Å². The van der Waals surface area contributed by atoms with Gasteiger partial charge in [0.15, 0.2) is 0 Å². The van der Waals surface area contributed by atoms with E-state index in [4.69, 9.17) is 20.8 Å². The van der Waals surface area contributed by atoms with Crippen LogP contribution in [0.1, 0.15) is 36.6 Å². The number of H-pyrrole nitrogens is 1. The van der Waals surface area contributed by atoms with Gasteiger partial charge in [0.2, 0.25) is 0 Å². The lowest BCUT2D eigenvalue weighted by Crippen LogP contribution is -2.47. The Morgan fingerprint density at radius 2 is 1.86 bits per heavy atom. The van der Waals surface area contributed by atoms with Crippen LogP contribution >= 0.6 is 0 Å². The van der Waals surface area contributed by atoms with Crippen LogP contribution in [-0.2, 0) is 16.0 Å². The second kappa shape index (κ2) is 10.7. The summed E-state index contributed by atoms with van der Waals surface area (Å²) in [5.41, 5.74) is 3.08. The Bertz CT molecular complexity index is 1280. The normalized spacial score (nSPS) is 25.9. The van der Waals surface area contributed by atoms with Gasteiger partial charge >= 0.3 is 5.97 Å². The van der Waals surface area contributed by atoms with E-state index in [1.165, 1.54) is 7.11 Å². The third kappa shape index (κ3) is 4.96. The molecule has 1 saturated carbocycles. The highest BCUT2D eigenvalue weighted by atomic mass is 16.5. The first-order chi connectivity index (χ1) is 18.0. The van der Waals surface area contributed by atoms with Crippen LogP contribution in [0.15, 0.2) is 48.5 Å². The predicted octanol–water partition coefficient (Wildman–Crippen LogP) is 4.56. The highest BCUT2D eigenvalue weighted by Gasteiger charge is 2.46. The number of nitrogens with zero attached hydrogens (tertiary/aromatic N) is 2. The van der Waals surface area contributed by atoms with Gasteiger partial charge in [-0.2, -0.15) is 11.5 Å². The van der Waals surface area contributed by atoms with Crippen LogP contribution in [0.25, 0.3) is 15.9 Å². The molecule has 0 bridgehead atoms. The predicted molar refractivity (Wildman–Crippen MR) is 139 cm³/mol. The number of aliphatic hydroxyl groups excluding tert-OH is 1. The highest BCUT2D eigenvalue weighted by Crippen LogP contribution is 2.44. The minimum absolute atomic E-state index is 0.0505. The Balaban J connectivity index is 1.62. The number of methoxy groups -OCH3 is 2. The molecule has 2 N–H and O–H groups in total. The van der Waals surface area contributed by atoms with Crippen molar-refractivity contribution in [1.82, 2.24) is 9.99 Å². The number of carbonyl (C=O) groups is 1. The Morgan fingerprint density at radius 3 is 2.59 bits per heavy atom. The molecule has 2 aliphatic rings. The molecule has 2 heterocycles. The SMILES string of the molecule is [C-]#[N+]N1CCc2c([nH]c3ccccc23)[C@H](Oc2ccc(OC)cc2)C[C@H]2[C@@H](CC[C@H](O)[C@@H]2C(=O)OC)C1. The summed E-state index contributed by atoms with van der Waals surface area (Å²) >= 11 is 0. The molecule has 0 spiro atoms. The van der Waals surface area contributed by atoms with Gasteiger partial charge < -0.3 is 24.3 Å². The molecule has 0 radical (unpaired) electrons. The molecule has 1 aliphatic carbocycles. The number of para-hydroxylation sites is 1. The fourth-order valence-corrected chi connectivity index (χ4v) is 6.14. The van der Waals surface area contributed by atoms with Crippen molar-refractivity contribution < 1.29 is 24.1 Å². The van der Waals surface area contributed by atoms with Crippen molar-refractivity contribution in [1.29, 1.82) is 0 Å². The number of aliphatic hydroxyl groups is 1. The largest absolute Gasteiger partial charge is 0.497 e. The van der Waals surface area contributed by atoms with Gasteiger partial charge in [0, 0.05) is 10.9 Å². The number of aromatic amines is 1. The van der Waals surface area contributed by atoms with E-state index in [2.05, 4.69) is 16.0 Å². The molecule has 1 aliphatic heterocycles. The molecule has 5 atom stereocenters.